The van der Waals surface area contributed by atoms with E-state index in [1.807, 2.05) is 17.9 Å². The van der Waals surface area contributed by atoms with Crippen LogP contribution in [-0.4, -0.2) is 15.7 Å². The van der Waals surface area contributed by atoms with Crippen molar-refractivity contribution in [3.05, 3.63) is 46.8 Å². The van der Waals surface area contributed by atoms with E-state index in [1.165, 1.54) is 24.0 Å². The molecule has 0 saturated heterocycles. The Bertz CT molecular complexity index is 705. The van der Waals surface area contributed by atoms with Crippen molar-refractivity contribution in [3.63, 3.8) is 0 Å². The van der Waals surface area contributed by atoms with Gasteiger partial charge >= 0.3 is 0 Å². The molecule has 124 valence electrons. The lowest BCUT2D eigenvalue weighted by Gasteiger charge is -2.08. The highest BCUT2D eigenvalue weighted by molar-refractivity contribution is 14.0. The molecule has 6 heteroatoms. The average molecular weight is 425 g/mol. The Morgan fingerprint density at radius 3 is 2.91 bits per heavy atom. The second kappa shape index (κ2) is 7.81. The van der Waals surface area contributed by atoms with Gasteiger partial charge in [-0.05, 0) is 48.9 Å². The minimum absolute atomic E-state index is 0. The van der Waals surface area contributed by atoms with Crippen LogP contribution < -0.4 is 11.1 Å². The Hall–Kier alpha value is -1.57. The maximum atomic E-state index is 6.01. The highest BCUT2D eigenvalue weighted by atomic mass is 127. The Balaban J connectivity index is 0.00000192. The summed E-state index contributed by atoms with van der Waals surface area (Å²) >= 11 is 0. The Labute approximate surface area is 154 Å². The molecule has 0 bridgehead atoms. The fourth-order valence-electron chi connectivity index (χ4n) is 3.02. The van der Waals surface area contributed by atoms with Crippen LogP contribution in [-0.2, 0) is 32.9 Å². The molecule has 1 aromatic heterocycles. The van der Waals surface area contributed by atoms with Crippen molar-refractivity contribution in [3.8, 4) is 0 Å². The van der Waals surface area contributed by atoms with Crippen molar-refractivity contribution in [2.45, 2.75) is 39.2 Å². The van der Waals surface area contributed by atoms with E-state index in [4.69, 9.17) is 5.73 Å². The number of rotatable bonds is 4. The zero-order valence-corrected chi connectivity index (χ0v) is 16.0. The van der Waals surface area contributed by atoms with E-state index in [0.29, 0.717) is 12.5 Å². The third-order valence-electron chi connectivity index (χ3n) is 4.12. The number of benzene rings is 1. The van der Waals surface area contributed by atoms with E-state index in [-0.39, 0.29) is 24.0 Å². The maximum absolute atomic E-state index is 6.01. The number of aromatic nitrogens is 2. The van der Waals surface area contributed by atoms with Crippen LogP contribution in [0.25, 0.3) is 0 Å². The fourth-order valence-corrected chi connectivity index (χ4v) is 3.02. The molecule has 0 fully saturated rings. The normalized spacial score (nSPS) is 13.6. The number of nitrogens with two attached hydrogens (primary N) is 1. The lowest BCUT2D eigenvalue weighted by molar-refractivity contribution is 0.746. The van der Waals surface area contributed by atoms with Gasteiger partial charge < -0.3 is 11.1 Å². The molecule has 3 N–H and O–H groups in total. The number of nitrogens with one attached hydrogen (secondary N) is 1. The Morgan fingerprint density at radius 1 is 1.35 bits per heavy atom. The number of anilines is 1. The first-order chi connectivity index (χ1) is 10.7. The van der Waals surface area contributed by atoms with Crippen LogP contribution in [0.2, 0.25) is 0 Å². The van der Waals surface area contributed by atoms with Crippen molar-refractivity contribution >= 4 is 35.6 Å². The second-order valence-corrected chi connectivity index (χ2v) is 5.79. The van der Waals surface area contributed by atoms with Gasteiger partial charge in [-0.1, -0.05) is 13.0 Å². The summed E-state index contributed by atoms with van der Waals surface area (Å²) in [5.41, 5.74) is 12.1. The van der Waals surface area contributed by atoms with Crippen LogP contribution in [0, 0.1) is 0 Å². The van der Waals surface area contributed by atoms with E-state index in [2.05, 4.69) is 40.5 Å². The number of halogens is 1. The van der Waals surface area contributed by atoms with E-state index in [9.17, 15) is 0 Å². The number of hydrogen-bond acceptors (Lipinski definition) is 2. The molecule has 1 aliphatic rings. The summed E-state index contributed by atoms with van der Waals surface area (Å²) in [6.07, 6.45) is 6.52. The van der Waals surface area contributed by atoms with Crippen molar-refractivity contribution < 1.29 is 0 Å². The highest BCUT2D eigenvalue weighted by Crippen LogP contribution is 2.24. The van der Waals surface area contributed by atoms with Gasteiger partial charge in [0, 0.05) is 24.5 Å². The molecule has 5 nitrogen and oxygen atoms in total. The first kappa shape index (κ1) is 17.8. The number of fused-ring (bicyclic) bond motifs is 1. The summed E-state index contributed by atoms with van der Waals surface area (Å²) in [5, 5.41) is 7.60. The second-order valence-electron chi connectivity index (χ2n) is 5.79. The van der Waals surface area contributed by atoms with Crippen LogP contribution in [0.15, 0.2) is 29.4 Å². The Morgan fingerprint density at radius 2 is 2.13 bits per heavy atom. The van der Waals surface area contributed by atoms with Gasteiger partial charge in [-0.2, -0.15) is 5.10 Å². The molecule has 3 rings (SSSR count). The van der Waals surface area contributed by atoms with Gasteiger partial charge in [0.25, 0.3) is 0 Å². The molecule has 0 atom stereocenters. The van der Waals surface area contributed by atoms with Crippen molar-refractivity contribution in [1.82, 2.24) is 9.78 Å². The van der Waals surface area contributed by atoms with Gasteiger partial charge in [-0.25, -0.2) is 4.99 Å². The summed E-state index contributed by atoms with van der Waals surface area (Å²) < 4.78 is 1.83. The molecule has 1 heterocycles. The molecule has 0 radical (unpaired) electrons. The lowest BCUT2D eigenvalue weighted by atomic mass is 10.1. The number of aliphatic imine (C=N–C) groups is 1. The smallest absolute Gasteiger partial charge is 0.193 e. The van der Waals surface area contributed by atoms with Gasteiger partial charge in [0.05, 0.1) is 12.2 Å². The molecular formula is C17H24IN5. The zero-order valence-electron chi connectivity index (χ0n) is 13.7. The maximum Gasteiger partial charge on any atom is 0.193 e. The summed E-state index contributed by atoms with van der Waals surface area (Å²) in [6, 6.07) is 6.45. The average Bonchev–Trinajstić information content (AvgIpc) is 3.10. The number of hydrogen-bond donors (Lipinski definition) is 2. The third kappa shape index (κ3) is 4.25. The summed E-state index contributed by atoms with van der Waals surface area (Å²) in [6.45, 7) is 2.66. The van der Waals surface area contributed by atoms with Gasteiger partial charge in [-0.3, -0.25) is 4.68 Å². The Kier molecular flexibility index (Phi) is 6.04. The topological polar surface area (TPSA) is 68.2 Å². The number of nitrogens with zero attached hydrogens (tertiary/aromatic N) is 3. The van der Waals surface area contributed by atoms with E-state index >= 15 is 0 Å². The molecule has 1 aliphatic carbocycles. The van der Waals surface area contributed by atoms with E-state index < -0.39 is 0 Å². The van der Waals surface area contributed by atoms with Crippen LogP contribution in [0.3, 0.4) is 0 Å². The minimum atomic E-state index is 0. The molecule has 23 heavy (non-hydrogen) atoms. The molecule has 0 aliphatic heterocycles. The van der Waals surface area contributed by atoms with Gasteiger partial charge in [0.2, 0.25) is 0 Å². The fraction of sp³-hybridized carbons (Fsp3) is 0.412. The molecule has 0 saturated carbocycles. The molecule has 0 amide bonds. The molecule has 1 aromatic carbocycles. The standard InChI is InChI=1S/C17H23N5.HI/c1-3-16-14(11-22(2)21-16)10-19-17(18)20-15-8-7-12-5-4-6-13(12)9-15;/h7-9,11H,3-6,10H2,1-2H3,(H3,18,19,20);1H. The predicted octanol–water partition coefficient (Wildman–Crippen LogP) is 3.02. The first-order valence-corrected chi connectivity index (χ1v) is 7.86. The largest absolute Gasteiger partial charge is 0.370 e. The molecule has 2 aromatic rings. The number of guanidine groups is 1. The third-order valence-corrected chi connectivity index (χ3v) is 4.12. The molecule has 0 spiro atoms. The SMILES string of the molecule is CCc1nn(C)cc1CN=C(N)Nc1ccc2c(c1)CCC2.I. The molecule has 0 unspecified atom stereocenters. The monoisotopic (exact) mass is 425 g/mol. The van der Waals surface area contributed by atoms with Crippen LogP contribution in [0.1, 0.15) is 35.7 Å². The summed E-state index contributed by atoms with van der Waals surface area (Å²) in [4.78, 5) is 4.44. The van der Waals surface area contributed by atoms with Gasteiger partial charge in [0.15, 0.2) is 5.96 Å². The zero-order chi connectivity index (χ0) is 15.5. The van der Waals surface area contributed by atoms with Crippen LogP contribution in [0.4, 0.5) is 5.69 Å². The van der Waals surface area contributed by atoms with E-state index in [1.54, 1.807) is 0 Å². The van der Waals surface area contributed by atoms with Crippen LogP contribution in [0.5, 0.6) is 0 Å². The van der Waals surface area contributed by atoms with Gasteiger partial charge in [0.1, 0.15) is 0 Å². The van der Waals surface area contributed by atoms with Crippen molar-refractivity contribution in [2.75, 3.05) is 5.32 Å². The van der Waals surface area contributed by atoms with Crippen molar-refractivity contribution in [2.24, 2.45) is 17.8 Å². The summed E-state index contributed by atoms with van der Waals surface area (Å²) in [5.74, 6) is 0.448. The van der Waals surface area contributed by atoms with E-state index in [0.717, 1.165) is 29.8 Å². The quantitative estimate of drug-likeness (QED) is 0.450. The minimum Gasteiger partial charge on any atom is -0.370 e. The lowest BCUT2D eigenvalue weighted by Crippen LogP contribution is -2.22. The first-order valence-electron chi connectivity index (χ1n) is 7.86. The summed E-state index contributed by atoms with van der Waals surface area (Å²) in [7, 11) is 1.93. The number of aryl methyl sites for hydroxylation is 4. The predicted molar refractivity (Wildman–Crippen MR) is 105 cm³/mol. The van der Waals surface area contributed by atoms with Crippen molar-refractivity contribution in [1.29, 1.82) is 0 Å². The van der Waals surface area contributed by atoms with Crippen LogP contribution >= 0.6 is 24.0 Å². The highest BCUT2D eigenvalue weighted by Gasteiger charge is 2.11. The molecular weight excluding hydrogens is 401 g/mol. The van der Waals surface area contributed by atoms with Gasteiger partial charge in [-0.15, -0.1) is 24.0 Å².